The molecule has 1 aromatic carbocycles. The third-order valence-corrected chi connectivity index (χ3v) is 4.86. The van der Waals surface area contributed by atoms with Crippen LogP contribution in [-0.2, 0) is 4.79 Å². The van der Waals surface area contributed by atoms with Crippen molar-refractivity contribution in [2.75, 3.05) is 31.9 Å². The standard InChI is InChI=1S/C18H25N3O/c1-13(22)21-9-6-14(7-10-21)15-4-5-18(19)17(11-15)16-3-2-8-20-12-16/h3-5,11,14,20H,2,6-10,12,19H2,1H3. The number of piperidine rings is 1. The second-order valence-electron chi connectivity index (χ2n) is 6.32. The van der Waals surface area contributed by atoms with Crippen LogP contribution in [0.1, 0.15) is 43.2 Å². The van der Waals surface area contributed by atoms with Crippen molar-refractivity contribution in [3.05, 3.63) is 35.4 Å². The molecular formula is C18H25N3O. The van der Waals surface area contributed by atoms with Crippen LogP contribution in [0.3, 0.4) is 0 Å². The van der Waals surface area contributed by atoms with E-state index in [0.717, 1.165) is 51.1 Å². The summed E-state index contributed by atoms with van der Waals surface area (Å²) in [5, 5.41) is 3.41. The molecule has 4 heteroatoms. The normalized spacial score (nSPS) is 19.9. The van der Waals surface area contributed by atoms with Crippen LogP contribution < -0.4 is 11.1 Å². The molecule has 3 N–H and O–H groups in total. The Labute approximate surface area is 132 Å². The van der Waals surface area contributed by atoms with Crippen molar-refractivity contribution in [2.24, 2.45) is 0 Å². The summed E-state index contributed by atoms with van der Waals surface area (Å²) in [5.41, 5.74) is 10.9. The zero-order valence-electron chi connectivity index (χ0n) is 13.3. The fourth-order valence-corrected chi connectivity index (χ4v) is 3.48. The van der Waals surface area contributed by atoms with Crippen molar-refractivity contribution in [1.29, 1.82) is 0 Å². The Morgan fingerprint density at radius 2 is 2.09 bits per heavy atom. The maximum atomic E-state index is 11.4. The fraction of sp³-hybridized carbons (Fsp3) is 0.500. The van der Waals surface area contributed by atoms with Crippen molar-refractivity contribution < 1.29 is 4.79 Å². The molecule has 0 spiro atoms. The maximum absolute atomic E-state index is 11.4. The molecule has 1 amide bonds. The zero-order valence-corrected chi connectivity index (χ0v) is 13.3. The number of nitrogens with zero attached hydrogens (tertiary/aromatic N) is 1. The number of nitrogen functional groups attached to an aromatic ring is 1. The quantitative estimate of drug-likeness (QED) is 0.824. The summed E-state index contributed by atoms with van der Waals surface area (Å²) in [7, 11) is 0. The topological polar surface area (TPSA) is 58.4 Å². The van der Waals surface area contributed by atoms with Gasteiger partial charge in [0.25, 0.3) is 0 Å². The first-order chi connectivity index (χ1) is 10.6. The van der Waals surface area contributed by atoms with E-state index in [4.69, 9.17) is 5.73 Å². The van der Waals surface area contributed by atoms with Gasteiger partial charge in [-0.2, -0.15) is 0 Å². The number of rotatable bonds is 2. The van der Waals surface area contributed by atoms with Crippen molar-refractivity contribution in [2.45, 2.75) is 32.1 Å². The first kappa shape index (κ1) is 15.1. The lowest BCUT2D eigenvalue weighted by atomic mass is 9.87. The first-order valence-corrected chi connectivity index (χ1v) is 8.20. The molecule has 0 aromatic heterocycles. The van der Waals surface area contributed by atoms with Crippen LogP contribution in [0.15, 0.2) is 24.3 Å². The predicted molar refractivity (Wildman–Crippen MR) is 90.5 cm³/mol. The Hall–Kier alpha value is -1.81. The highest BCUT2D eigenvalue weighted by molar-refractivity contribution is 5.77. The van der Waals surface area contributed by atoms with Crippen LogP contribution in [0.25, 0.3) is 5.57 Å². The molecule has 4 nitrogen and oxygen atoms in total. The molecule has 0 aliphatic carbocycles. The number of hydrogen-bond acceptors (Lipinski definition) is 3. The van der Waals surface area contributed by atoms with Gasteiger partial charge in [0.1, 0.15) is 0 Å². The van der Waals surface area contributed by atoms with Crippen molar-refractivity contribution >= 4 is 17.2 Å². The Bertz CT molecular complexity index is 586. The van der Waals surface area contributed by atoms with Gasteiger partial charge in [-0.3, -0.25) is 4.79 Å². The molecule has 22 heavy (non-hydrogen) atoms. The lowest BCUT2D eigenvalue weighted by Gasteiger charge is -2.32. The van der Waals surface area contributed by atoms with E-state index in [1.165, 1.54) is 16.7 Å². The van der Waals surface area contributed by atoms with Crippen LogP contribution in [0, 0.1) is 0 Å². The van der Waals surface area contributed by atoms with E-state index in [-0.39, 0.29) is 5.91 Å². The van der Waals surface area contributed by atoms with Gasteiger partial charge in [-0.25, -0.2) is 0 Å². The molecule has 2 heterocycles. The largest absolute Gasteiger partial charge is 0.398 e. The summed E-state index contributed by atoms with van der Waals surface area (Å²) in [5.74, 6) is 0.724. The van der Waals surface area contributed by atoms with Crippen LogP contribution in [0.2, 0.25) is 0 Å². The lowest BCUT2D eigenvalue weighted by molar-refractivity contribution is -0.129. The third-order valence-electron chi connectivity index (χ3n) is 4.86. The number of nitrogens with two attached hydrogens (primary N) is 1. The van der Waals surface area contributed by atoms with Crippen molar-refractivity contribution in [1.82, 2.24) is 10.2 Å². The van der Waals surface area contributed by atoms with E-state index in [2.05, 4.69) is 23.5 Å². The molecule has 0 atom stereocenters. The molecule has 0 saturated carbocycles. The summed E-state index contributed by atoms with van der Waals surface area (Å²) in [4.78, 5) is 13.4. The van der Waals surface area contributed by atoms with E-state index in [1.54, 1.807) is 6.92 Å². The molecule has 3 rings (SSSR count). The molecule has 0 unspecified atom stereocenters. The van der Waals surface area contributed by atoms with Gasteiger partial charge < -0.3 is 16.0 Å². The van der Waals surface area contributed by atoms with E-state index >= 15 is 0 Å². The predicted octanol–water partition coefficient (Wildman–Crippen LogP) is 2.37. The zero-order chi connectivity index (χ0) is 15.5. The minimum atomic E-state index is 0.190. The highest BCUT2D eigenvalue weighted by Gasteiger charge is 2.22. The third kappa shape index (κ3) is 3.17. The summed E-state index contributed by atoms with van der Waals surface area (Å²) < 4.78 is 0. The lowest BCUT2D eigenvalue weighted by Crippen LogP contribution is -2.36. The van der Waals surface area contributed by atoms with Crippen LogP contribution >= 0.6 is 0 Å². The minimum absolute atomic E-state index is 0.190. The summed E-state index contributed by atoms with van der Waals surface area (Å²) >= 11 is 0. The van der Waals surface area contributed by atoms with Gasteiger partial charge in [-0.05, 0) is 55.0 Å². The van der Waals surface area contributed by atoms with Crippen molar-refractivity contribution in [3.8, 4) is 0 Å². The second kappa shape index (κ2) is 6.53. The highest BCUT2D eigenvalue weighted by atomic mass is 16.2. The van der Waals surface area contributed by atoms with Crippen LogP contribution in [0.5, 0.6) is 0 Å². The Balaban J connectivity index is 1.78. The Morgan fingerprint density at radius 3 is 2.73 bits per heavy atom. The molecular weight excluding hydrogens is 274 g/mol. The molecule has 2 aliphatic heterocycles. The molecule has 1 saturated heterocycles. The molecule has 0 bridgehead atoms. The smallest absolute Gasteiger partial charge is 0.219 e. The maximum Gasteiger partial charge on any atom is 0.219 e. The number of anilines is 1. The number of likely N-dealkylation sites (tertiary alicyclic amines) is 1. The Morgan fingerprint density at radius 1 is 1.32 bits per heavy atom. The molecule has 2 aliphatic rings. The monoisotopic (exact) mass is 299 g/mol. The van der Waals surface area contributed by atoms with Crippen molar-refractivity contribution in [3.63, 3.8) is 0 Å². The number of nitrogens with one attached hydrogen (secondary N) is 1. The molecule has 0 radical (unpaired) electrons. The van der Waals surface area contributed by atoms with Gasteiger partial charge in [-0.15, -0.1) is 0 Å². The Kier molecular flexibility index (Phi) is 4.48. The van der Waals surface area contributed by atoms with Gasteiger partial charge >= 0.3 is 0 Å². The summed E-state index contributed by atoms with van der Waals surface area (Å²) in [6, 6.07) is 6.46. The molecule has 1 fully saturated rings. The van der Waals surface area contributed by atoms with Crippen LogP contribution in [0.4, 0.5) is 5.69 Å². The van der Waals surface area contributed by atoms with E-state index < -0.39 is 0 Å². The van der Waals surface area contributed by atoms with Crippen LogP contribution in [-0.4, -0.2) is 37.0 Å². The van der Waals surface area contributed by atoms with E-state index in [9.17, 15) is 4.79 Å². The fourth-order valence-electron chi connectivity index (χ4n) is 3.48. The van der Waals surface area contributed by atoms with E-state index in [1.807, 2.05) is 11.0 Å². The average Bonchev–Trinajstić information content (AvgIpc) is 2.56. The number of carbonyl (C=O) groups excluding carboxylic acids is 1. The van der Waals surface area contributed by atoms with Gasteiger partial charge in [0.15, 0.2) is 0 Å². The SMILES string of the molecule is CC(=O)N1CCC(c2ccc(N)c(C3=CCCNC3)c2)CC1. The summed E-state index contributed by atoms with van der Waals surface area (Å²) in [6.45, 7) is 5.33. The summed E-state index contributed by atoms with van der Waals surface area (Å²) in [6.07, 6.45) is 5.45. The number of carbonyl (C=O) groups is 1. The second-order valence-corrected chi connectivity index (χ2v) is 6.32. The molecule has 1 aromatic rings. The number of amides is 1. The van der Waals surface area contributed by atoms with Gasteiger partial charge in [0, 0.05) is 37.8 Å². The number of hydrogen-bond donors (Lipinski definition) is 2. The van der Waals surface area contributed by atoms with Gasteiger partial charge in [-0.1, -0.05) is 12.1 Å². The van der Waals surface area contributed by atoms with Gasteiger partial charge in [0.2, 0.25) is 5.91 Å². The first-order valence-electron chi connectivity index (χ1n) is 8.20. The number of benzene rings is 1. The van der Waals surface area contributed by atoms with Gasteiger partial charge in [0.05, 0.1) is 0 Å². The minimum Gasteiger partial charge on any atom is -0.398 e. The highest BCUT2D eigenvalue weighted by Crippen LogP contribution is 2.32. The molecule has 118 valence electrons. The van der Waals surface area contributed by atoms with E-state index in [0.29, 0.717) is 5.92 Å². The average molecular weight is 299 g/mol.